The van der Waals surface area contributed by atoms with E-state index >= 15 is 0 Å². The van der Waals surface area contributed by atoms with Gasteiger partial charge in [-0.05, 0) is 26.0 Å². The molecule has 1 amide bonds. The molecule has 0 saturated carbocycles. The van der Waals surface area contributed by atoms with Crippen LogP contribution in [-0.4, -0.2) is 30.5 Å². The van der Waals surface area contributed by atoms with E-state index in [1.54, 1.807) is 25.3 Å². The number of halogens is 1. The van der Waals surface area contributed by atoms with Gasteiger partial charge in [-0.1, -0.05) is 28.9 Å². The summed E-state index contributed by atoms with van der Waals surface area (Å²) in [6, 6.07) is 5.24. The molecule has 106 valence electrons. The van der Waals surface area contributed by atoms with Gasteiger partial charge in [0.1, 0.15) is 0 Å². The molecule has 0 aliphatic heterocycles. The summed E-state index contributed by atoms with van der Waals surface area (Å²) in [7, 11) is 3.07. The first-order valence-electron chi connectivity index (χ1n) is 6.01. The molecule has 0 spiro atoms. The SMILES string of the molecule is COc1cccc(C(=O)NC(C)(C)C(C)Br)c1OC. The molecular weight excluding hydrogens is 310 g/mol. The van der Waals surface area contributed by atoms with Gasteiger partial charge in [-0.15, -0.1) is 0 Å². The first-order chi connectivity index (χ1) is 8.83. The molecule has 0 fully saturated rings. The molecule has 0 aromatic heterocycles. The van der Waals surface area contributed by atoms with Crippen LogP contribution in [0.4, 0.5) is 0 Å². The highest BCUT2D eigenvalue weighted by atomic mass is 79.9. The van der Waals surface area contributed by atoms with Crippen molar-refractivity contribution in [1.82, 2.24) is 5.32 Å². The molecule has 0 radical (unpaired) electrons. The monoisotopic (exact) mass is 329 g/mol. The Kier molecular flexibility index (Phi) is 5.23. The van der Waals surface area contributed by atoms with Crippen molar-refractivity contribution in [2.24, 2.45) is 0 Å². The first kappa shape index (κ1) is 15.8. The van der Waals surface area contributed by atoms with Crippen LogP contribution < -0.4 is 14.8 Å². The summed E-state index contributed by atoms with van der Waals surface area (Å²) < 4.78 is 10.5. The molecule has 1 atom stereocenters. The van der Waals surface area contributed by atoms with Crippen LogP contribution in [0.5, 0.6) is 11.5 Å². The molecule has 1 unspecified atom stereocenters. The van der Waals surface area contributed by atoms with Crippen LogP contribution in [0.2, 0.25) is 0 Å². The van der Waals surface area contributed by atoms with Crippen molar-refractivity contribution in [2.45, 2.75) is 31.1 Å². The lowest BCUT2D eigenvalue weighted by molar-refractivity contribution is 0.0910. The molecule has 0 bridgehead atoms. The highest BCUT2D eigenvalue weighted by Crippen LogP contribution is 2.31. The highest BCUT2D eigenvalue weighted by Gasteiger charge is 2.27. The van der Waals surface area contributed by atoms with Crippen LogP contribution in [0.3, 0.4) is 0 Å². The summed E-state index contributed by atoms with van der Waals surface area (Å²) in [6.45, 7) is 5.90. The minimum Gasteiger partial charge on any atom is -0.493 e. The Labute approximate surface area is 122 Å². The van der Waals surface area contributed by atoms with E-state index in [4.69, 9.17) is 9.47 Å². The summed E-state index contributed by atoms with van der Waals surface area (Å²) in [4.78, 5) is 12.5. The van der Waals surface area contributed by atoms with Gasteiger partial charge >= 0.3 is 0 Å². The summed E-state index contributed by atoms with van der Waals surface area (Å²) in [5.74, 6) is 0.799. The molecule has 0 heterocycles. The van der Waals surface area contributed by atoms with Gasteiger partial charge in [-0.3, -0.25) is 4.79 Å². The van der Waals surface area contributed by atoms with Crippen LogP contribution in [-0.2, 0) is 0 Å². The van der Waals surface area contributed by atoms with Crippen molar-refractivity contribution in [3.8, 4) is 11.5 Å². The number of carbonyl (C=O) groups excluding carboxylic acids is 1. The molecule has 0 saturated heterocycles. The van der Waals surface area contributed by atoms with Crippen LogP contribution in [0, 0.1) is 0 Å². The molecule has 0 aliphatic rings. The van der Waals surface area contributed by atoms with Crippen LogP contribution >= 0.6 is 15.9 Å². The minimum absolute atomic E-state index is 0.139. The molecule has 0 aliphatic carbocycles. The predicted octanol–water partition coefficient (Wildman–Crippen LogP) is 3.00. The average Bonchev–Trinajstić information content (AvgIpc) is 2.36. The van der Waals surface area contributed by atoms with Crippen LogP contribution in [0.25, 0.3) is 0 Å². The van der Waals surface area contributed by atoms with Crippen molar-refractivity contribution in [1.29, 1.82) is 0 Å². The quantitative estimate of drug-likeness (QED) is 0.845. The second-order valence-electron chi connectivity index (χ2n) is 4.83. The zero-order valence-corrected chi connectivity index (χ0v) is 13.5. The molecular formula is C14H20BrNO3. The third kappa shape index (κ3) is 3.62. The lowest BCUT2D eigenvalue weighted by Crippen LogP contribution is -2.48. The van der Waals surface area contributed by atoms with Crippen molar-refractivity contribution in [3.63, 3.8) is 0 Å². The smallest absolute Gasteiger partial charge is 0.255 e. The Balaban J connectivity index is 3.07. The number of para-hydroxylation sites is 1. The molecule has 1 rings (SSSR count). The third-order valence-corrected chi connectivity index (χ3v) is 4.22. The van der Waals surface area contributed by atoms with Crippen molar-refractivity contribution in [2.75, 3.05) is 14.2 Å². The number of rotatable bonds is 5. The lowest BCUT2D eigenvalue weighted by atomic mass is 10.0. The van der Waals surface area contributed by atoms with E-state index in [1.807, 2.05) is 20.8 Å². The fraction of sp³-hybridized carbons (Fsp3) is 0.500. The van der Waals surface area contributed by atoms with E-state index in [0.29, 0.717) is 17.1 Å². The topological polar surface area (TPSA) is 47.6 Å². The molecule has 4 nitrogen and oxygen atoms in total. The molecule has 5 heteroatoms. The Morgan fingerprint density at radius 3 is 2.42 bits per heavy atom. The van der Waals surface area contributed by atoms with Gasteiger partial charge in [0.2, 0.25) is 0 Å². The average molecular weight is 330 g/mol. The second-order valence-corrected chi connectivity index (χ2v) is 6.21. The highest BCUT2D eigenvalue weighted by molar-refractivity contribution is 9.09. The van der Waals surface area contributed by atoms with Crippen molar-refractivity contribution >= 4 is 21.8 Å². The number of hydrogen-bond donors (Lipinski definition) is 1. The molecule has 1 aromatic rings. The van der Waals surface area contributed by atoms with E-state index in [9.17, 15) is 4.79 Å². The maximum atomic E-state index is 12.3. The number of carbonyl (C=O) groups is 1. The van der Waals surface area contributed by atoms with E-state index in [1.165, 1.54) is 7.11 Å². The number of hydrogen-bond acceptors (Lipinski definition) is 3. The Bertz CT molecular complexity index is 458. The van der Waals surface area contributed by atoms with E-state index < -0.39 is 0 Å². The number of alkyl halides is 1. The zero-order chi connectivity index (χ0) is 14.6. The Hall–Kier alpha value is -1.23. The maximum absolute atomic E-state index is 12.3. The largest absolute Gasteiger partial charge is 0.493 e. The Morgan fingerprint density at radius 2 is 1.95 bits per heavy atom. The van der Waals surface area contributed by atoms with Gasteiger partial charge in [0.25, 0.3) is 5.91 Å². The Morgan fingerprint density at radius 1 is 1.32 bits per heavy atom. The van der Waals surface area contributed by atoms with Gasteiger partial charge in [0.05, 0.1) is 19.8 Å². The van der Waals surface area contributed by atoms with Gasteiger partial charge in [-0.25, -0.2) is 0 Å². The van der Waals surface area contributed by atoms with E-state index in [-0.39, 0.29) is 16.3 Å². The van der Waals surface area contributed by atoms with E-state index in [2.05, 4.69) is 21.2 Å². The summed E-state index contributed by atoms with van der Waals surface area (Å²) in [5.41, 5.74) is 0.0913. The van der Waals surface area contributed by atoms with Gasteiger partial charge in [0, 0.05) is 10.4 Å². The first-order valence-corrected chi connectivity index (χ1v) is 6.92. The zero-order valence-electron chi connectivity index (χ0n) is 11.9. The third-order valence-electron chi connectivity index (χ3n) is 3.08. The number of nitrogens with one attached hydrogen (secondary N) is 1. The molecule has 19 heavy (non-hydrogen) atoms. The normalized spacial score (nSPS) is 12.7. The molecule has 1 aromatic carbocycles. The minimum atomic E-state index is -0.370. The predicted molar refractivity (Wildman–Crippen MR) is 79.5 cm³/mol. The van der Waals surface area contributed by atoms with Crippen LogP contribution in [0.1, 0.15) is 31.1 Å². The summed E-state index contributed by atoms with van der Waals surface area (Å²) >= 11 is 3.49. The maximum Gasteiger partial charge on any atom is 0.255 e. The summed E-state index contributed by atoms with van der Waals surface area (Å²) in [5, 5.41) is 2.98. The lowest BCUT2D eigenvalue weighted by Gasteiger charge is -2.29. The van der Waals surface area contributed by atoms with Crippen LogP contribution in [0.15, 0.2) is 18.2 Å². The molecule has 1 N–H and O–H groups in total. The van der Waals surface area contributed by atoms with Crippen molar-refractivity contribution < 1.29 is 14.3 Å². The number of amides is 1. The van der Waals surface area contributed by atoms with E-state index in [0.717, 1.165) is 0 Å². The summed E-state index contributed by atoms with van der Waals surface area (Å²) in [6.07, 6.45) is 0. The number of methoxy groups -OCH3 is 2. The fourth-order valence-electron chi connectivity index (χ4n) is 1.53. The van der Waals surface area contributed by atoms with Crippen molar-refractivity contribution in [3.05, 3.63) is 23.8 Å². The number of ether oxygens (including phenoxy) is 2. The van der Waals surface area contributed by atoms with Gasteiger partial charge in [0.15, 0.2) is 11.5 Å². The van der Waals surface area contributed by atoms with Gasteiger partial charge < -0.3 is 14.8 Å². The standard InChI is InChI=1S/C14H20BrNO3/c1-9(15)14(2,3)16-13(17)10-7-6-8-11(18-4)12(10)19-5/h6-9H,1-5H3,(H,16,17). The van der Waals surface area contributed by atoms with Gasteiger partial charge in [-0.2, -0.15) is 0 Å². The second kappa shape index (κ2) is 6.28. The number of benzene rings is 1. The fourth-order valence-corrected chi connectivity index (χ4v) is 1.64.